The minimum Gasteiger partial charge on any atom is -0.356 e. The van der Waals surface area contributed by atoms with Crippen LogP contribution in [0, 0.1) is 0 Å². The van der Waals surface area contributed by atoms with Gasteiger partial charge in [-0.25, -0.2) is 8.42 Å². The molecule has 1 fully saturated rings. The summed E-state index contributed by atoms with van der Waals surface area (Å²) in [6.07, 6.45) is 3.05. The van der Waals surface area contributed by atoms with Gasteiger partial charge in [-0.2, -0.15) is 16.1 Å². The van der Waals surface area contributed by atoms with Gasteiger partial charge in [-0.15, -0.1) is 0 Å². The summed E-state index contributed by atoms with van der Waals surface area (Å²) >= 11 is 1.74. The highest BCUT2D eigenvalue weighted by atomic mass is 32.2. The average molecular weight is 443 g/mol. The predicted molar refractivity (Wildman–Crippen MR) is 117 cm³/mol. The molecule has 30 heavy (non-hydrogen) atoms. The third kappa shape index (κ3) is 4.43. The van der Waals surface area contributed by atoms with Crippen LogP contribution in [0.4, 0.5) is 0 Å². The molecular weight excluding hydrogens is 420 g/mol. The zero-order chi connectivity index (χ0) is 21.0. The standard InChI is InChI=1S/C21H22N4O3S2/c26-21(19-14-17(15-23-19)30(27,28)25-10-12-29-13-11-25)24-20(16-6-2-1-3-7-16)18-8-4-5-9-22-18/h1-9,14-15,20,23H,10-13H2,(H,24,26). The van der Waals surface area contributed by atoms with Gasteiger partial charge in [0.1, 0.15) is 10.6 Å². The third-order valence-electron chi connectivity index (χ3n) is 4.90. The summed E-state index contributed by atoms with van der Waals surface area (Å²) < 4.78 is 27.2. The molecule has 0 spiro atoms. The van der Waals surface area contributed by atoms with Gasteiger partial charge in [0.2, 0.25) is 10.0 Å². The van der Waals surface area contributed by atoms with Crippen molar-refractivity contribution < 1.29 is 13.2 Å². The number of nitrogens with one attached hydrogen (secondary N) is 2. The lowest BCUT2D eigenvalue weighted by Crippen LogP contribution is -2.37. The predicted octanol–water partition coefficient (Wildman–Crippen LogP) is 2.67. The Bertz CT molecular complexity index is 1060. The summed E-state index contributed by atoms with van der Waals surface area (Å²) in [5, 5.41) is 2.97. The van der Waals surface area contributed by atoms with Gasteiger partial charge in [-0.05, 0) is 23.8 Å². The fourth-order valence-electron chi connectivity index (χ4n) is 3.32. The lowest BCUT2D eigenvalue weighted by atomic mass is 10.0. The minimum absolute atomic E-state index is 0.105. The number of pyridine rings is 1. The molecule has 0 radical (unpaired) electrons. The van der Waals surface area contributed by atoms with Crippen molar-refractivity contribution in [3.05, 3.63) is 83.9 Å². The van der Waals surface area contributed by atoms with E-state index < -0.39 is 22.0 Å². The largest absolute Gasteiger partial charge is 0.356 e. The molecule has 1 aromatic carbocycles. The van der Waals surface area contributed by atoms with Gasteiger partial charge in [-0.3, -0.25) is 9.78 Å². The first-order valence-corrected chi connectivity index (χ1v) is 12.2. The number of sulfonamides is 1. The molecule has 2 aromatic heterocycles. The summed E-state index contributed by atoms with van der Waals surface area (Å²) in [5.41, 5.74) is 1.77. The van der Waals surface area contributed by atoms with E-state index in [4.69, 9.17) is 0 Å². The Hall–Kier alpha value is -2.62. The maximum Gasteiger partial charge on any atom is 0.268 e. The number of nitrogens with zero attached hydrogens (tertiary/aromatic N) is 2. The quantitative estimate of drug-likeness (QED) is 0.612. The number of benzene rings is 1. The van der Waals surface area contributed by atoms with E-state index >= 15 is 0 Å². The van der Waals surface area contributed by atoms with Crippen molar-refractivity contribution in [2.24, 2.45) is 0 Å². The topological polar surface area (TPSA) is 95.2 Å². The maximum absolute atomic E-state index is 12.9. The second-order valence-corrected chi connectivity index (χ2v) is 10.00. The summed E-state index contributed by atoms with van der Waals surface area (Å²) in [7, 11) is -3.61. The van der Waals surface area contributed by atoms with Gasteiger partial charge in [0.15, 0.2) is 0 Å². The molecule has 1 amide bonds. The Morgan fingerprint density at radius 2 is 1.83 bits per heavy atom. The van der Waals surface area contributed by atoms with E-state index in [0.717, 1.165) is 17.1 Å². The molecule has 3 aromatic rings. The van der Waals surface area contributed by atoms with Crippen molar-refractivity contribution in [3.8, 4) is 0 Å². The van der Waals surface area contributed by atoms with E-state index in [0.29, 0.717) is 18.8 Å². The van der Waals surface area contributed by atoms with Crippen LogP contribution in [-0.4, -0.2) is 53.2 Å². The number of H-pyrrole nitrogens is 1. The molecule has 1 unspecified atom stereocenters. The fourth-order valence-corrected chi connectivity index (χ4v) is 5.89. The number of hydrogen-bond donors (Lipinski definition) is 2. The Morgan fingerprint density at radius 3 is 2.53 bits per heavy atom. The van der Waals surface area contributed by atoms with Crippen molar-refractivity contribution in [1.82, 2.24) is 19.6 Å². The highest BCUT2D eigenvalue weighted by Crippen LogP contribution is 2.23. The SMILES string of the molecule is O=C(NC(c1ccccc1)c1ccccn1)c1cc(S(=O)(=O)N2CCSCC2)c[nH]1. The zero-order valence-electron chi connectivity index (χ0n) is 16.2. The lowest BCUT2D eigenvalue weighted by Gasteiger charge is -2.24. The van der Waals surface area contributed by atoms with Gasteiger partial charge < -0.3 is 10.3 Å². The smallest absolute Gasteiger partial charge is 0.268 e. The van der Waals surface area contributed by atoms with Crippen molar-refractivity contribution in [2.75, 3.05) is 24.6 Å². The summed E-state index contributed by atoms with van der Waals surface area (Å²) in [4.78, 5) is 20.2. The van der Waals surface area contributed by atoms with Crippen molar-refractivity contribution in [2.45, 2.75) is 10.9 Å². The first kappa shape index (κ1) is 20.6. The number of aromatic amines is 1. The van der Waals surface area contributed by atoms with E-state index in [1.807, 2.05) is 48.5 Å². The highest BCUT2D eigenvalue weighted by molar-refractivity contribution is 7.99. The van der Waals surface area contributed by atoms with Crippen LogP contribution in [0.1, 0.15) is 27.8 Å². The van der Waals surface area contributed by atoms with Gasteiger partial charge >= 0.3 is 0 Å². The Labute approximate surface area is 180 Å². The van der Waals surface area contributed by atoms with Gasteiger partial charge in [0, 0.05) is 37.0 Å². The van der Waals surface area contributed by atoms with Crippen molar-refractivity contribution >= 4 is 27.7 Å². The van der Waals surface area contributed by atoms with Crippen molar-refractivity contribution in [1.29, 1.82) is 0 Å². The average Bonchev–Trinajstić information content (AvgIpc) is 3.31. The number of amides is 1. The Kier molecular flexibility index (Phi) is 6.21. The molecule has 7 nitrogen and oxygen atoms in total. The van der Waals surface area contributed by atoms with E-state index in [1.165, 1.54) is 16.6 Å². The normalized spacial score (nSPS) is 16.1. The molecule has 1 saturated heterocycles. The Balaban J connectivity index is 1.57. The maximum atomic E-state index is 12.9. The number of rotatable bonds is 6. The molecule has 3 heterocycles. The second-order valence-electron chi connectivity index (χ2n) is 6.84. The van der Waals surface area contributed by atoms with Crippen LogP contribution in [0.5, 0.6) is 0 Å². The third-order valence-corrected chi connectivity index (χ3v) is 7.72. The lowest BCUT2D eigenvalue weighted by molar-refractivity contribution is 0.0938. The molecule has 0 saturated carbocycles. The molecule has 1 aliphatic heterocycles. The van der Waals surface area contributed by atoms with E-state index in [2.05, 4.69) is 15.3 Å². The summed E-state index contributed by atoms with van der Waals surface area (Å²) in [6.45, 7) is 0.963. The van der Waals surface area contributed by atoms with Gasteiger partial charge in [0.05, 0.1) is 11.7 Å². The van der Waals surface area contributed by atoms with E-state index in [9.17, 15) is 13.2 Å². The number of aromatic nitrogens is 2. The molecule has 2 N–H and O–H groups in total. The molecule has 1 atom stereocenters. The number of thioether (sulfide) groups is 1. The zero-order valence-corrected chi connectivity index (χ0v) is 17.8. The van der Waals surface area contributed by atoms with Crippen LogP contribution >= 0.6 is 11.8 Å². The Morgan fingerprint density at radius 1 is 1.10 bits per heavy atom. The van der Waals surface area contributed by atoms with Gasteiger partial charge in [-0.1, -0.05) is 36.4 Å². The molecular formula is C21H22N4O3S2. The first-order chi connectivity index (χ1) is 14.6. The fraction of sp³-hybridized carbons (Fsp3) is 0.238. The molecule has 156 valence electrons. The van der Waals surface area contributed by atoms with Crippen LogP contribution in [0.2, 0.25) is 0 Å². The molecule has 0 aliphatic carbocycles. The van der Waals surface area contributed by atoms with Crippen LogP contribution in [0.15, 0.2) is 71.9 Å². The number of carbonyl (C=O) groups excluding carboxylic acids is 1. The highest BCUT2D eigenvalue weighted by Gasteiger charge is 2.28. The van der Waals surface area contributed by atoms with Gasteiger partial charge in [0.25, 0.3) is 5.91 Å². The number of carbonyl (C=O) groups is 1. The summed E-state index contributed by atoms with van der Waals surface area (Å²) in [6, 6.07) is 16.0. The molecule has 0 bridgehead atoms. The summed E-state index contributed by atoms with van der Waals surface area (Å²) in [5.74, 6) is 1.16. The van der Waals surface area contributed by atoms with Crippen LogP contribution < -0.4 is 5.32 Å². The van der Waals surface area contributed by atoms with Crippen LogP contribution in [0.3, 0.4) is 0 Å². The van der Waals surface area contributed by atoms with E-state index in [1.54, 1.807) is 18.0 Å². The van der Waals surface area contributed by atoms with Crippen molar-refractivity contribution in [3.63, 3.8) is 0 Å². The van der Waals surface area contributed by atoms with Crippen LogP contribution in [-0.2, 0) is 10.0 Å². The van der Waals surface area contributed by atoms with Crippen LogP contribution in [0.25, 0.3) is 0 Å². The number of hydrogen-bond acceptors (Lipinski definition) is 5. The molecule has 9 heteroatoms. The van der Waals surface area contributed by atoms with E-state index in [-0.39, 0.29) is 10.6 Å². The molecule has 1 aliphatic rings. The molecule has 4 rings (SSSR count). The monoisotopic (exact) mass is 442 g/mol. The first-order valence-electron chi connectivity index (χ1n) is 9.59. The minimum atomic E-state index is -3.61. The second kappa shape index (κ2) is 9.03.